The molecule has 0 rings (SSSR count). The molecular weight excluding hydrogens is 219 g/mol. The van der Waals surface area contributed by atoms with Gasteiger partial charge in [0.05, 0.1) is 0 Å². The minimum Gasteiger partial charge on any atom is -0.126 e. The van der Waals surface area contributed by atoms with E-state index in [4.69, 9.17) is 33.2 Å². The van der Waals surface area contributed by atoms with Crippen molar-refractivity contribution >= 4 is 39.2 Å². The first-order chi connectivity index (χ1) is 4.92. The fraction of sp³-hybridized carbons (Fsp3) is 1.00. The maximum absolute atomic E-state index is 5.72. The molecule has 0 fully saturated rings. The van der Waals surface area contributed by atoms with Gasteiger partial charge >= 0.3 is 6.00 Å². The highest BCUT2D eigenvalue weighted by atomic mass is 35.8. The molecule has 0 unspecified atom stereocenters. The van der Waals surface area contributed by atoms with Crippen molar-refractivity contribution in [1.29, 1.82) is 0 Å². The molecule has 0 bridgehead atoms. The molecule has 0 heterocycles. The molecule has 0 saturated heterocycles. The zero-order valence-corrected chi connectivity index (χ0v) is 10.3. The molecule has 4 heteroatoms. The van der Waals surface area contributed by atoms with Crippen molar-refractivity contribution in [2.45, 2.75) is 39.2 Å². The van der Waals surface area contributed by atoms with Gasteiger partial charge in [0.25, 0.3) is 0 Å². The van der Waals surface area contributed by atoms with Gasteiger partial charge < -0.3 is 0 Å². The van der Waals surface area contributed by atoms with Gasteiger partial charge in [-0.05, 0) is 12.0 Å². The van der Waals surface area contributed by atoms with E-state index in [-0.39, 0.29) is 0 Å². The maximum atomic E-state index is 5.72. The van der Waals surface area contributed by atoms with Crippen LogP contribution >= 0.6 is 33.2 Å². The van der Waals surface area contributed by atoms with E-state index in [9.17, 15) is 0 Å². The molecule has 0 amide bonds. The normalized spacial score (nSPS) is 12.5. The van der Waals surface area contributed by atoms with Crippen molar-refractivity contribution < 1.29 is 0 Å². The zero-order chi connectivity index (χ0) is 8.91. The van der Waals surface area contributed by atoms with E-state index in [1.807, 2.05) is 0 Å². The Labute approximate surface area is 84.3 Å². The number of hydrogen-bond acceptors (Lipinski definition) is 0. The minimum absolute atomic E-state index is 0.770. The van der Waals surface area contributed by atoms with E-state index in [2.05, 4.69) is 13.8 Å². The first-order valence-corrected chi connectivity index (χ1v) is 9.23. The Bertz CT molecular complexity index is 98.3. The summed E-state index contributed by atoms with van der Waals surface area (Å²) in [6, 6.07) is -1.50. The predicted molar refractivity (Wildman–Crippen MR) is 56.8 cm³/mol. The van der Waals surface area contributed by atoms with E-state index in [0.29, 0.717) is 0 Å². The third-order valence-electron chi connectivity index (χ3n) is 1.49. The Morgan fingerprint density at radius 1 is 1.09 bits per heavy atom. The Balaban J connectivity index is 3.15. The second kappa shape index (κ2) is 5.68. The van der Waals surface area contributed by atoms with Gasteiger partial charge in [-0.15, -0.1) is 33.2 Å². The van der Waals surface area contributed by atoms with E-state index in [1.54, 1.807) is 0 Å². The van der Waals surface area contributed by atoms with Crippen molar-refractivity contribution in [3.63, 3.8) is 0 Å². The number of unbranched alkanes of at least 4 members (excludes halogenated alkanes) is 1. The van der Waals surface area contributed by atoms with Gasteiger partial charge in [-0.1, -0.05) is 33.1 Å². The van der Waals surface area contributed by atoms with Crippen LogP contribution in [0.5, 0.6) is 0 Å². The van der Waals surface area contributed by atoms with Crippen LogP contribution in [0.1, 0.15) is 33.1 Å². The molecule has 0 aliphatic heterocycles. The van der Waals surface area contributed by atoms with Gasteiger partial charge in [0.1, 0.15) is 0 Å². The first kappa shape index (κ1) is 12.1. The fourth-order valence-electron chi connectivity index (χ4n) is 0.878. The van der Waals surface area contributed by atoms with E-state index in [1.165, 1.54) is 12.8 Å². The molecule has 0 N–H and O–H groups in total. The van der Waals surface area contributed by atoms with E-state index >= 15 is 0 Å². The Kier molecular flexibility index (Phi) is 6.25. The molecule has 0 aliphatic carbocycles. The van der Waals surface area contributed by atoms with Crippen LogP contribution in [0, 0.1) is 5.92 Å². The molecule has 0 saturated carbocycles. The standard InChI is InChI=1S/C7H15Cl3Si/c1-7(2)5-3-4-6-11(8,9)10/h7H,3-6H2,1-2H3. The summed E-state index contributed by atoms with van der Waals surface area (Å²) in [7, 11) is 0. The summed E-state index contributed by atoms with van der Waals surface area (Å²) in [5, 5.41) is 0. The van der Waals surface area contributed by atoms with Crippen LogP contribution in [0.2, 0.25) is 6.04 Å². The van der Waals surface area contributed by atoms with Crippen LogP contribution in [-0.4, -0.2) is 6.00 Å². The predicted octanol–water partition coefficient (Wildman–Crippen LogP) is 4.47. The zero-order valence-electron chi connectivity index (χ0n) is 7.04. The van der Waals surface area contributed by atoms with Gasteiger partial charge in [0.2, 0.25) is 0 Å². The smallest absolute Gasteiger partial charge is 0.126 e. The van der Waals surface area contributed by atoms with Crippen molar-refractivity contribution in [3.05, 3.63) is 0 Å². The topological polar surface area (TPSA) is 0 Å². The number of halogens is 3. The van der Waals surface area contributed by atoms with Gasteiger partial charge in [0, 0.05) is 0 Å². The summed E-state index contributed by atoms with van der Waals surface area (Å²) in [5.74, 6) is 0.770. The fourth-order valence-corrected chi connectivity index (χ4v) is 2.73. The molecule has 0 aliphatic rings. The quantitative estimate of drug-likeness (QED) is 0.373. The molecule has 0 aromatic rings. The Morgan fingerprint density at radius 2 is 1.64 bits per heavy atom. The lowest BCUT2D eigenvalue weighted by atomic mass is 10.1. The lowest BCUT2D eigenvalue weighted by Gasteiger charge is -2.07. The van der Waals surface area contributed by atoms with Crippen molar-refractivity contribution in [3.8, 4) is 0 Å². The van der Waals surface area contributed by atoms with E-state index < -0.39 is 6.00 Å². The third kappa shape index (κ3) is 11.1. The first-order valence-electron chi connectivity index (χ1n) is 3.98. The van der Waals surface area contributed by atoms with E-state index in [0.717, 1.165) is 18.4 Å². The lowest BCUT2D eigenvalue weighted by molar-refractivity contribution is 0.549. The SMILES string of the molecule is CC(C)CCCC[Si](Cl)(Cl)Cl. The van der Waals surface area contributed by atoms with Gasteiger partial charge in [0.15, 0.2) is 0 Å². The molecule has 0 spiro atoms. The van der Waals surface area contributed by atoms with Crippen LogP contribution in [-0.2, 0) is 0 Å². The number of rotatable bonds is 5. The highest BCUT2D eigenvalue weighted by Gasteiger charge is 2.23. The van der Waals surface area contributed by atoms with Gasteiger partial charge in [-0.25, -0.2) is 0 Å². The minimum atomic E-state index is -2.31. The van der Waals surface area contributed by atoms with Crippen LogP contribution < -0.4 is 0 Å². The molecule has 0 nitrogen and oxygen atoms in total. The van der Waals surface area contributed by atoms with Crippen LogP contribution in [0.25, 0.3) is 0 Å². The second-order valence-corrected chi connectivity index (χ2v) is 12.5. The summed E-state index contributed by atoms with van der Waals surface area (Å²) in [4.78, 5) is 0. The van der Waals surface area contributed by atoms with Crippen LogP contribution in [0.3, 0.4) is 0 Å². The third-order valence-corrected chi connectivity index (χ3v) is 4.11. The highest BCUT2D eigenvalue weighted by Crippen LogP contribution is 2.27. The second-order valence-electron chi connectivity index (χ2n) is 3.25. The number of hydrogen-bond donors (Lipinski definition) is 0. The highest BCUT2D eigenvalue weighted by molar-refractivity contribution is 7.64. The average molecular weight is 234 g/mol. The molecule has 68 valence electrons. The van der Waals surface area contributed by atoms with Gasteiger partial charge in [-0.3, -0.25) is 0 Å². The maximum Gasteiger partial charge on any atom is 0.341 e. The molecule has 11 heavy (non-hydrogen) atoms. The largest absolute Gasteiger partial charge is 0.341 e. The van der Waals surface area contributed by atoms with Crippen LogP contribution in [0.4, 0.5) is 0 Å². The summed E-state index contributed by atoms with van der Waals surface area (Å²) in [6.45, 7) is 4.43. The van der Waals surface area contributed by atoms with Crippen molar-refractivity contribution in [2.75, 3.05) is 0 Å². The monoisotopic (exact) mass is 232 g/mol. The summed E-state index contributed by atoms with van der Waals surface area (Å²) in [5.41, 5.74) is 0. The Morgan fingerprint density at radius 3 is 2.00 bits per heavy atom. The van der Waals surface area contributed by atoms with Gasteiger partial charge in [-0.2, -0.15) is 0 Å². The van der Waals surface area contributed by atoms with Crippen molar-refractivity contribution in [1.82, 2.24) is 0 Å². The lowest BCUT2D eigenvalue weighted by Crippen LogP contribution is -2.07. The molecule has 0 aromatic carbocycles. The summed E-state index contributed by atoms with van der Waals surface area (Å²) >= 11 is 17.2. The average Bonchev–Trinajstić information content (AvgIpc) is 1.78. The molecule has 0 aromatic heterocycles. The van der Waals surface area contributed by atoms with Crippen LogP contribution in [0.15, 0.2) is 0 Å². The Hall–Kier alpha value is 1.09. The van der Waals surface area contributed by atoms with Crippen molar-refractivity contribution in [2.24, 2.45) is 5.92 Å². The molecule has 0 atom stereocenters. The summed E-state index contributed by atoms with van der Waals surface area (Å²) in [6.07, 6.45) is 3.51. The molecule has 0 radical (unpaired) electrons. The summed E-state index contributed by atoms with van der Waals surface area (Å²) < 4.78 is 0. The molecular formula is C7H15Cl3Si.